The number of hydrogen-bond acceptors (Lipinski definition) is 2. The lowest BCUT2D eigenvalue weighted by Gasteiger charge is -2.14. The standard InChI is InChI=1S/C5H12O.C3H7NO.C2H6/c1-5(2,3)6-4;1-2-4-3-5;1-2/h1-4H3;3H,2H2,1H3,(H,4,5);1-2H3. The molecule has 1 N–H and O–H groups in total. The molecule has 0 radical (unpaired) electrons. The lowest BCUT2D eigenvalue weighted by atomic mass is 10.2. The third-order valence-corrected chi connectivity index (χ3v) is 0.900. The monoisotopic (exact) mass is 191 g/mol. The summed E-state index contributed by atoms with van der Waals surface area (Å²) in [5, 5.41) is 2.43. The van der Waals surface area contributed by atoms with Gasteiger partial charge in [0.05, 0.1) is 5.60 Å². The van der Waals surface area contributed by atoms with Crippen molar-refractivity contribution in [2.45, 2.75) is 47.1 Å². The van der Waals surface area contributed by atoms with E-state index < -0.39 is 0 Å². The van der Waals surface area contributed by atoms with Gasteiger partial charge in [-0.15, -0.1) is 0 Å². The minimum Gasteiger partial charge on any atom is -0.379 e. The van der Waals surface area contributed by atoms with E-state index in [4.69, 9.17) is 4.74 Å². The van der Waals surface area contributed by atoms with Gasteiger partial charge in [0.15, 0.2) is 0 Å². The first-order valence-electron chi connectivity index (χ1n) is 4.70. The van der Waals surface area contributed by atoms with Gasteiger partial charge in [0.1, 0.15) is 0 Å². The number of amides is 1. The molecule has 0 aromatic carbocycles. The van der Waals surface area contributed by atoms with E-state index in [9.17, 15) is 4.79 Å². The molecule has 1 amide bonds. The number of ether oxygens (including phenoxy) is 1. The molecule has 13 heavy (non-hydrogen) atoms. The van der Waals surface area contributed by atoms with Crippen LogP contribution < -0.4 is 5.32 Å². The van der Waals surface area contributed by atoms with Gasteiger partial charge in [-0.25, -0.2) is 0 Å². The van der Waals surface area contributed by atoms with Crippen molar-refractivity contribution >= 4 is 6.41 Å². The summed E-state index contributed by atoms with van der Waals surface area (Å²) >= 11 is 0. The summed E-state index contributed by atoms with van der Waals surface area (Å²) in [6, 6.07) is 0. The second-order valence-corrected chi connectivity index (χ2v) is 2.99. The van der Waals surface area contributed by atoms with E-state index in [2.05, 4.69) is 5.32 Å². The average Bonchev–Trinajstić information content (AvgIpc) is 2.09. The minimum absolute atomic E-state index is 0.0417. The topological polar surface area (TPSA) is 38.3 Å². The molecule has 0 aliphatic carbocycles. The fourth-order valence-corrected chi connectivity index (χ4v) is 0.0833. The minimum atomic E-state index is 0.0417. The molecule has 3 nitrogen and oxygen atoms in total. The van der Waals surface area contributed by atoms with Gasteiger partial charge in [-0.2, -0.15) is 0 Å². The molecule has 0 fully saturated rings. The Kier molecular flexibility index (Phi) is 19.6. The van der Waals surface area contributed by atoms with Crippen molar-refractivity contribution in [3.05, 3.63) is 0 Å². The second kappa shape index (κ2) is 14.0. The van der Waals surface area contributed by atoms with Crippen molar-refractivity contribution < 1.29 is 9.53 Å². The van der Waals surface area contributed by atoms with Gasteiger partial charge in [-0.3, -0.25) is 4.79 Å². The first-order valence-corrected chi connectivity index (χ1v) is 4.70. The largest absolute Gasteiger partial charge is 0.379 e. The van der Waals surface area contributed by atoms with Crippen LogP contribution in [0.15, 0.2) is 0 Å². The molecule has 0 saturated heterocycles. The highest BCUT2D eigenvalue weighted by Gasteiger charge is 2.03. The van der Waals surface area contributed by atoms with Crippen LogP contribution >= 0.6 is 0 Å². The Morgan fingerprint density at radius 2 is 1.62 bits per heavy atom. The highest BCUT2D eigenvalue weighted by molar-refractivity contribution is 5.45. The van der Waals surface area contributed by atoms with Crippen LogP contribution in [0.1, 0.15) is 41.5 Å². The highest BCUT2D eigenvalue weighted by Crippen LogP contribution is 2.02. The maximum Gasteiger partial charge on any atom is 0.207 e. The van der Waals surface area contributed by atoms with Gasteiger partial charge in [0, 0.05) is 13.7 Å². The fraction of sp³-hybridized carbons (Fsp3) is 0.900. The van der Waals surface area contributed by atoms with Crippen LogP contribution in [-0.4, -0.2) is 25.7 Å². The molecular weight excluding hydrogens is 166 g/mol. The Hall–Kier alpha value is -0.570. The summed E-state index contributed by atoms with van der Waals surface area (Å²) in [5.41, 5.74) is 0.0417. The summed E-state index contributed by atoms with van der Waals surface area (Å²) in [4.78, 5) is 9.29. The van der Waals surface area contributed by atoms with Crippen LogP contribution in [0, 0.1) is 0 Å². The van der Waals surface area contributed by atoms with Gasteiger partial charge in [0.25, 0.3) is 0 Å². The molecule has 0 unspecified atom stereocenters. The van der Waals surface area contributed by atoms with Crippen molar-refractivity contribution in [1.82, 2.24) is 5.32 Å². The van der Waals surface area contributed by atoms with Crippen molar-refractivity contribution in [3.63, 3.8) is 0 Å². The van der Waals surface area contributed by atoms with E-state index >= 15 is 0 Å². The maximum absolute atomic E-state index is 9.29. The number of hydrogen-bond donors (Lipinski definition) is 1. The van der Waals surface area contributed by atoms with Crippen LogP contribution in [0.2, 0.25) is 0 Å². The fourth-order valence-electron chi connectivity index (χ4n) is 0.0833. The maximum atomic E-state index is 9.29. The van der Waals surface area contributed by atoms with E-state index in [1.807, 2.05) is 41.5 Å². The molecule has 0 atom stereocenters. The van der Waals surface area contributed by atoms with Gasteiger partial charge >= 0.3 is 0 Å². The molecule has 0 aliphatic heterocycles. The average molecular weight is 191 g/mol. The molecule has 0 aliphatic rings. The third kappa shape index (κ3) is 51.8. The van der Waals surface area contributed by atoms with Crippen molar-refractivity contribution in [2.24, 2.45) is 0 Å². The number of carbonyl (C=O) groups excluding carboxylic acids is 1. The molecule has 0 saturated carbocycles. The molecule has 0 rings (SSSR count). The van der Waals surface area contributed by atoms with E-state index in [-0.39, 0.29) is 5.60 Å². The molecule has 0 heterocycles. The molecule has 0 spiro atoms. The zero-order chi connectivity index (χ0) is 11.3. The van der Waals surface area contributed by atoms with Crippen LogP contribution in [-0.2, 0) is 9.53 Å². The number of rotatable bonds is 2. The van der Waals surface area contributed by atoms with Crippen molar-refractivity contribution in [1.29, 1.82) is 0 Å². The van der Waals surface area contributed by atoms with Crippen LogP contribution in [0.25, 0.3) is 0 Å². The van der Waals surface area contributed by atoms with Crippen LogP contribution in [0.4, 0.5) is 0 Å². The zero-order valence-electron chi connectivity index (χ0n) is 10.1. The predicted octanol–water partition coefficient (Wildman–Crippen LogP) is 2.21. The van der Waals surface area contributed by atoms with Crippen molar-refractivity contribution in [3.8, 4) is 0 Å². The summed E-state index contributed by atoms with van der Waals surface area (Å²) in [6.45, 7) is 12.7. The van der Waals surface area contributed by atoms with Gasteiger partial charge in [-0.1, -0.05) is 13.8 Å². The summed E-state index contributed by atoms with van der Waals surface area (Å²) in [7, 11) is 1.71. The molecule has 0 aromatic heterocycles. The lowest BCUT2D eigenvalue weighted by Crippen LogP contribution is -2.15. The SMILES string of the molecule is CC.CCNC=O.COC(C)(C)C. The first kappa shape index (κ1) is 18.3. The van der Waals surface area contributed by atoms with E-state index in [0.29, 0.717) is 6.41 Å². The highest BCUT2D eigenvalue weighted by atomic mass is 16.5. The summed E-state index contributed by atoms with van der Waals surface area (Å²) < 4.78 is 4.94. The summed E-state index contributed by atoms with van der Waals surface area (Å²) in [6.07, 6.45) is 0.681. The van der Waals surface area contributed by atoms with E-state index in [0.717, 1.165) is 6.54 Å². The zero-order valence-corrected chi connectivity index (χ0v) is 10.1. The first-order chi connectivity index (χ1) is 5.97. The second-order valence-electron chi connectivity index (χ2n) is 2.99. The van der Waals surface area contributed by atoms with Crippen molar-refractivity contribution in [2.75, 3.05) is 13.7 Å². The molecule has 3 heteroatoms. The Bertz CT molecular complexity index is 87.4. The normalized spacial score (nSPS) is 8.54. The number of carbonyl (C=O) groups is 1. The van der Waals surface area contributed by atoms with E-state index in [1.54, 1.807) is 7.11 Å². The van der Waals surface area contributed by atoms with Gasteiger partial charge < -0.3 is 10.1 Å². The third-order valence-electron chi connectivity index (χ3n) is 0.900. The number of methoxy groups -OCH3 is 1. The Morgan fingerprint density at radius 1 is 1.31 bits per heavy atom. The van der Waals surface area contributed by atoms with Crippen LogP contribution in [0.3, 0.4) is 0 Å². The predicted molar refractivity (Wildman–Crippen MR) is 57.9 cm³/mol. The Labute approximate surface area is 82.9 Å². The lowest BCUT2D eigenvalue weighted by molar-refractivity contribution is -0.109. The Morgan fingerprint density at radius 3 is 1.62 bits per heavy atom. The molecule has 0 bridgehead atoms. The van der Waals surface area contributed by atoms with Gasteiger partial charge in [-0.05, 0) is 27.7 Å². The quantitative estimate of drug-likeness (QED) is 0.680. The number of nitrogens with one attached hydrogen (secondary N) is 1. The molecule has 82 valence electrons. The van der Waals surface area contributed by atoms with Gasteiger partial charge in [0.2, 0.25) is 6.41 Å². The molecular formula is C10H25NO2. The van der Waals surface area contributed by atoms with E-state index in [1.165, 1.54) is 0 Å². The molecule has 0 aromatic rings. The Balaban J connectivity index is -0.000000131. The van der Waals surface area contributed by atoms with Crippen LogP contribution in [0.5, 0.6) is 0 Å². The summed E-state index contributed by atoms with van der Waals surface area (Å²) in [5.74, 6) is 0. The smallest absolute Gasteiger partial charge is 0.207 e.